The summed E-state index contributed by atoms with van der Waals surface area (Å²) in [7, 11) is 0. The van der Waals surface area contributed by atoms with E-state index >= 15 is 0 Å². The monoisotopic (exact) mass is 248 g/mol. The first-order chi connectivity index (χ1) is 8.11. The second-order valence-corrected chi connectivity index (χ2v) is 5.01. The maximum Gasteiger partial charge on any atom is 0.230 e. The van der Waals surface area contributed by atoms with Crippen molar-refractivity contribution in [2.24, 2.45) is 0 Å². The van der Waals surface area contributed by atoms with Gasteiger partial charge in [-0.1, -0.05) is 12.1 Å². The molecule has 90 valence electrons. The zero-order chi connectivity index (χ0) is 12.7. The Bertz CT molecular complexity index is 406. The maximum absolute atomic E-state index is 11.4. The zero-order valence-electron chi connectivity index (χ0n) is 10.1. The fourth-order valence-electron chi connectivity index (χ4n) is 1.30. The van der Waals surface area contributed by atoms with Gasteiger partial charge in [0, 0.05) is 11.8 Å². The number of nitrogens with one attached hydrogen (secondary N) is 1. The van der Waals surface area contributed by atoms with Gasteiger partial charge < -0.3 is 5.32 Å². The zero-order valence-corrected chi connectivity index (χ0v) is 10.9. The Morgan fingerprint density at radius 1 is 1.41 bits per heavy atom. The van der Waals surface area contributed by atoms with E-state index in [2.05, 4.69) is 11.4 Å². The molecule has 3 nitrogen and oxygen atoms in total. The standard InChI is InChI=1S/C13H16N2OS/c1-10(2)15-13(16)9-17-8-12-5-3-11(7-14)4-6-12/h3-6,10H,8-9H2,1-2H3,(H,15,16). The van der Waals surface area contributed by atoms with E-state index in [1.165, 1.54) is 0 Å². The lowest BCUT2D eigenvalue weighted by molar-refractivity contribution is -0.119. The van der Waals surface area contributed by atoms with Crippen molar-refractivity contribution in [2.75, 3.05) is 5.75 Å². The number of nitriles is 1. The lowest BCUT2D eigenvalue weighted by Gasteiger charge is -2.07. The van der Waals surface area contributed by atoms with Crippen LogP contribution in [0.1, 0.15) is 25.0 Å². The topological polar surface area (TPSA) is 52.9 Å². The van der Waals surface area contributed by atoms with Gasteiger partial charge in [-0.15, -0.1) is 11.8 Å². The summed E-state index contributed by atoms with van der Waals surface area (Å²) >= 11 is 1.57. The molecule has 1 aromatic rings. The van der Waals surface area contributed by atoms with Crippen molar-refractivity contribution >= 4 is 17.7 Å². The van der Waals surface area contributed by atoms with E-state index < -0.39 is 0 Å². The Balaban J connectivity index is 2.31. The van der Waals surface area contributed by atoms with Gasteiger partial charge in [-0.3, -0.25) is 4.79 Å². The van der Waals surface area contributed by atoms with Gasteiger partial charge in [0.15, 0.2) is 0 Å². The number of benzene rings is 1. The highest BCUT2D eigenvalue weighted by molar-refractivity contribution is 7.99. The number of amides is 1. The summed E-state index contributed by atoms with van der Waals surface area (Å²) < 4.78 is 0. The van der Waals surface area contributed by atoms with Gasteiger partial charge in [-0.25, -0.2) is 0 Å². The number of carbonyl (C=O) groups is 1. The average Bonchev–Trinajstić information content (AvgIpc) is 2.29. The van der Waals surface area contributed by atoms with Crippen LogP contribution in [0.3, 0.4) is 0 Å². The third kappa shape index (κ3) is 5.41. The van der Waals surface area contributed by atoms with Crippen LogP contribution in [0.2, 0.25) is 0 Å². The summed E-state index contributed by atoms with van der Waals surface area (Å²) in [5.41, 5.74) is 1.79. The molecule has 4 heteroatoms. The van der Waals surface area contributed by atoms with E-state index in [0.717, 1.165) is 11.3 Å². The Morgan fingerprint density at radius 3 is 2.59 bits per heavy atom. The molecule has 0 heterocycles. The quantitative estimate of drug-likeness (QED) is 0.870. The van der Waals surface area contributed by atoms with Crippen molar-refractivity contribution in [1.29, 1.82) is 5.26 Å². The van der Waals surface area contributed by atoms with Crippen LogP contribution >= 0.6 is 11.8 Å². The van der Waals surface area contributed by atoms with Crippen LogP contribution in [0.25, 0.3) is 0 Å². The fraction of sp³-hybridized carbons (Fsp3) is 0.385. The van der Waals surface area contributed by atoms with Gasteiger partial charge in [0.25, 0.3) is 0 Å². The molecule has 0 aromatic heterocycles. The van der Waals surface area contributed by atoms with Crippen LogP contribution in [-0.4, -0.2) is 17.7 Å². The summed E-state index contributed by atoms with van der Waals surface area (Å²) in [6.07, 6.45) is 0. The Hall–Kier alpha value is -1.47. The van der Waals surface area contributed by atoms with E-state index in [-0.39, 0.29) is 11.9 Å². The lowest BCUT2D eigenvalue weighted by atomic mass is 10.2. The Kier molecular flexibility index (Phi) is 5.58. The maximum atomic E-state index is 11.4. The van der Waals surface area contributed by atoms with Crippen LogP contribution in [-0.2, 0) is 10.5 Å². The van der Waals surface area contributed by atoms with Crippen molar-refractivity contribution in [3.8, 4) is 6.07 Å². The average molecular weight is 248 g/mol. The summed E-state index contributed by atoms with van der Waals surface area (Å²) in [6, 6.07) is 9.71. The Labute approximate surface area is 106 Å². The smallest absolute Gasteiger partial charge is 0.230 e. The molecular weight excluding hydrogens is 232 g/mol. The van der Waals surface area contributed by atoms with Crippen molar-refractivity contribution in [2.45, 2.75) is 25.6 Å². The SMILES string of the molecule is CC(C)NC(=O)CSCc1ccc(C#N)cc1. The third-order valence-electron chi connectivity index (χ3n) is 2.03. The number of carbonyl (C=O) groups excluding carboxylic acids is 1. The highest BCUT2D eigenvalue weighted by Gasteiger charge is 2.03. The van der Waals surface area contributed by atoms with Gasteiger partial charge in [0.05, 0.1) is 17.4 Å². The van der Waals surface area contributed by atoms with E-state index in [1.807, 2.05) is 26.0 Å². The number of hydrogen-bond acceptors (Lipinski definition) is 3. The van der Waals surface area contributed by atoms with E-state index in [9.17, 15) is 4.79 Å². The molecule has 0 aliphatic carbocycles. The molecule has 0 spiro atoms. The van der Waals surface area contributed by atoms with Crippen molar-refractivity contribution in [3.63, 3.8) is 0 Å². The molecule has 0 atom stereocenters. The normalized spacial score (nSPS) is 10.0. The number of thioether (sulfide) groups is 1. The first-order valence-corrected chi connectivity index (χ1v) is 6.63. The lowest BCUT2D eigenvalue weighted by Crippen LogP contribution is -2.31. The van der Waals surface area contributed by atoms with Crippen LogP contribution in [0.5, 0.6) is 0 Å². The van der Waals surface area contributed by atoms with Crippen LogP contribution < -0.4 is 5.32 Å². The molecule has 0 aliphatic rings. The minimum Gasteiger partial charge on any atom is -0.353 e. The van der Waals surface area contributed by atoms with Gasteiger partial charge in [-0.2, -0.15) is 5.26 Å². The Morgan fingerprint density at radius 2 is 2.06 bits per heavy atom. The molecule has 1 amide bonds. The highest BCUT2D eigenvalue weighted by atomic mass is 32.2. The molecule has 1 N–H and O–H groups in total. The molecule has 0 fully saturated rings. The van der Waals surface area contributed by atoms with Crippen LogP contribution in [0.4, 0.5) is 0 Å². The minimum absolute atomic E-state index is 0.0682. The van der Waals surface area contributed by atoms with E-state index in [1.54, 1.807) is 23.9 Å². The number of nitrogens with zero attached hydrogens (tertiary/aromatic N) is 1. The van der Waals surface area contributed by atoms with Crippen molar-refractivity contribution < 1.29 is 4.79 Å². The molecule has 0 saturated carbocycles. The van der Waals surface area contributed by atoms with Gasteiger partial charge in [0.1, 0.15) is 0 Å². The predicted octanol–water partition coefficient (Wildman–Crippen LogP) is 2.32. The minimum atomic E-state index is 0.0682. The molecule has 1 rings (SSSR count). The van der Waals surface area contributed by atoms with Crippen molar-refractivity contribution in [1.82, 2.24) is 5.32 Å². The second kappa shape index (κ2) is 6.97. The van der Waals surface area contributed by atoms with Gasteiger partial charge in [0.2, 0.25) is 5.91 Å². The molecule has 0 saturated heterocycles. The molecule has 0 radical (unpaired) electrons. The van der Waals surface area contributed by atoms with Crippen molar-refractivity contribution in [3.05, 3.63) is 35.4 Å². The molecule has 0 aliphatic heterocycles. The summed E-state index contributed by atoms with van der Waals surface area (Å²) in [4.78, 5) is 11.4. The first kappa shape index (κ1) is 13.6. The van der Waals surface area contributed by atoms with Crippen LogP contribution in [0, 0.1) is 11.3 Å². The second-order valence-electron chi connectivity index (χ2n) is 4.02. The third-order valence-corrected chi connectivity index (χ3v) is 3.04. The van der Waals surface area contributed by atoms with Gasteiger partial charge in [-0.05, 0) is 31.5 Å². The molecular formula is C13H16N2OS. The first-order valence-electron chi connectivity index (χ1n) is 5.48. The predicted molar refractivity (Wildman–Crippen MR) is 70.6 cm³/mol. The summed E-state index contributed by atoms with van der Waals surface area (Å²) in [6.45, 7) is 3.90. The van der Waals surface area contributed by atoms with E-state index in [4.69, 9.17) is 5.26 Å². The highest BCUT2D eigenvalue weighted by Crippen LogP contribution is 2.12. The number of rotatable bonds is 5. The largest absolute Gasteiger partial charge is 0.353 e. The fourth-order valence-corrected chi connectivity index (χ4v) is 2.10. The van der Waals surface area contributed by atoms with Crippen LogP contribution in [0.15, 0.2) is 24.3 Å². The van der Waals surface area contributed by atoms with E-state index in [0.29, 0.717) is 11.3 Å². The van der Waals surface area contributed by atoms with Gasteiger partial charge >= 0.3 is 0 Å². The summed E-state index contributed by atoms with van der Waals surface area (Å²) in [5.74, 6) is 1.33. The molecule has 0 unspecified atom stereocenters. The number of hydrogen-bond donors (Lipinski definition) is 1. The molecule has 17 heavy (non-hydrogen) atoms. The summed E-state index contributed by atoms with van der Waals surface area (Å²) in [5, 5.41) is 11.5. The molecule has 0 bridgehead atoms. The molecule has 1 aromatic carbocycles.